The third-order valence-corrected chi connectivity index (χ3v) is 1.31. The van der Waals surface area contributed by atoms with Gasteiger partial charge in [0, 0.05) is 0 Å². The van der Waals surface area contributed by atoms with E-state index in [1.807, 2.05) is 13.8 Å². The fourth-order valence-electron chi connectivity index (χ4n) is 0. The predicted molar refractivity (Wildman–Crippen MR) is 29.8 cm³/mol. The zero-order valence-electron chi connectivity index (χ0n) is 3.83. The van der Waals surface area contributed by atoms with Crippen LogP contribution in [0.25, 0.3) is 0 Å². The molecule has 2 heteroatoms. The number of hydrogen-bond donors (Lipinski definition) is 0. The fraction of sp³-hybridized carbons (Fsp3) is 0.750. The van der Waals surface area contributed by atoms with Gasteiger partial charge in [0.15, 0.2) is 4.84 Å². The first-order valence-corrected chi connectivity index (χ1v) is 2.58. The number of halogens is 2. The summed E-state index contributed by atoms with van der Waals surface area (Å²) in [6.07, 6.45) is 0. The van der Waals surface area contributed by atoms with Gasteiger partial charge in [-0.05, 0) is 5.92 Å². The van der Waals surface area contributed by atoms with Crippen LogP contribution >= 0.6 is 23.2 Å². The lowest BCUT2D eigenvalue weighted by Crippen LogP contribution is -1.86. The molecule has 0 aromatic carbocycles. The quantitative estimate of drug-likeness (QED) is 0.506. The Bertz CT molecular complexity index is 26.5. The summed E-state index contributed by atoms with van der Waals surface area (Å²) >= 11 is 10.6. The zero-order valence-corrected chi connectivity index (χ0v) is 5.35. The second-order valence-electron chi connectivity index (χ2n) is 1.44. The minimum Gasteiger partial charge on any atom is -0.0980 e. The van der Waals surface area contributed by atoms with E-state index in [-0.39, 0.29) is 0 Å². The predicted octanol–water partition coefficient (Wildman–Crippen LogP) is 2.61. The highest BCUT2D eigenvalue weighted by Gasteiger charge is 2.03. The maximum Gasteiger partial charge on any atom is 0.153 e. The first kappa shape index (κ1) is 6.58. The second-order valence-corrected chi connectivity index (χ2v) is 2.45. The highest BCUT2D eigenvalue weighted by molar-refractivity contribution is 6.52. The van der Waals surface area contributed by atoms with Gasteiger partial charge in [-0.15, -0.1) is 0 Å². The molecule has 0 spiro atoms. The molecule has 0 unspecified atom stereocenters. The van der Waals surface area contributed by atoms with Crippen molar-refractivity contribution in [2.75, 3.05) is 0 Å². The van der Waals surface area contributed by atoms with Crippen molar-refractivity contribution >= 4 is 23.2 Å². The van der Waals surface area contributed by atoms with E-state index < -0.39 is 0 Å². The molecule has 1 radical (unpaired) electrons. The minimum absolute atomic E-state index is 0.299. The summed E-state index contributed by atoms with van der Waals surface area (Å²) in [5.41, 5.74) is 0. The van der Waals surface area contributed by atoms with E-state index in [0.29, 0.717) is 10.8 Å². The highest BCUT2D eigenvalue weighted by Crippen LogP contribution is 2.21. The molecule has 0 aromatic heterocycles. The normalized spacial score (nSPS) is 11.0. The van der Waals surface area contributed by atoms with E-state index in [2.05, 4.69) is 0 Å². The summed E-state index contributed by atoms with van der Waals surface area (Å²) in [5, 5.41) is 0. The van der Waals surface area contributed by atoms with Gasteiger partial charge in [0.05, 0.1) is 0 Å². The summed E-state index contributed by atoms with van der Waals surface area (Å²) in [6, 6.07) is 0. The molecule has 0 rings (SSSR count). The summed E-state index contributed by atoms with van der Waals surface area (Å²) in [7, 11) is 0. The third-order valence-electron chi connectivity index (χ3n) is 0.436. The van der Waals surface area contributed by atoms with Crippen LogP contribution in [-0.2, 0) is 0 Å². The van der Waals surface area contributed by atoms with Crippen molar-refractivity contribution in [2.24, 2.45) is 5.92 Å². The summed E-state index contributed by atoms with van der Waals surface area (Å²) in [5.74, 6) is 0.299. The molecule has 0 aliphatic heterocycles. The van der Waals surface area contributed by atoms with Gasteiger partial charge in [-0.2, -0.15) is 0 Å². The van der Waals surface area contributed by atoms with Gasteiger partial charge in [-0.1, -0.05) is 37.0 Å². The van der Waals surface area contributed by atoms with Gasteiger partial charge in [0.1, 0.15) is 0 Å². The lowest BCUT2D eigenvalue weighted by atomic mass is 10.3. The Morgan fingerprint density at radius 1 is 1.33 bits per heavy atom. The topological polar surface area (TPSA) is 0 Å². The molecule has 0 aliphatic carbocycles. The lowest BCUT2D eigenvalue weighted by molar-refractivity contribution is 0.786. The van der Waals surface area contributed by atoms with Gasteiger partial charge in [0.2, 0.25) is 0 Å². The summed E-state index contributed by atoms with van der Waals surface area (Å²) in [4.78, 5) is 0.454. The van der Waals surface area contributed by atoms with Crippen LogP contribution in [0, 0.1) is 10.8 Å². The molecule has 6 heavy (non-hydrogen) atoms. The maximum absolute atomic E-state index is 5.29. The molecule has 0 aliphatic rings. The van der Waals surface area contributed by atoms with Crippen LogP contribution in [-0.4, -0.2) is 0 Å². The molecule has 0 nitrogen and oxygen atoms in total. The Kier molecular flexibility index (Phi) is 2.96. The Balaban J connectivity index is 2.99. The molecule has 37 valence electrons. The molecule has 0 heterocycles. The van der Waals surface area contributed by atoms with Gasteiger partial charge in [-0.3, -0.25) is 0 Å². The van der Waals surface area contributed by atoms with Crippen molar-refractivity contribution in [2.45, 2.75) is 13.8 Å². The molecular weight excluding hydrogens is 119 g/mol. The monoisotopic (exact) mass is 125 g/mol. The van der Waals surface area contributed by atoms with Crippen molar-refractivity contribution in [1.82, 2.24) is 0 Å². The maximum atomic E-state index is 5.29. The van der Waals surface area contributed by atoms with E-state index in [4.69, 9.17) is 23.2 Å². The van der Waals surface area contributed by atoms with Crippen LogP contribution in [0.3, 0.4) is 0 Å². The minimum atomic E-state index is 0.299. The van der Waals surface area contributed by atoms with Crippen molar-refractivity contribution < 1.29 is 0 Å². The number of rotatable bonds is 1. The first-order chi connectivity index (χ1) is 2.64. The summed E-state index contributed by atoms with van der Waals surface area (Å²) < 4.78 is 0. The van der Waals surface area contributed by atoms with E-state index in [1.54, 1.807) is 0 Å². The van der Waals surface area contributed by atoms with E-state index in [0.717, 1.165) is 0 Å². The fourth-order valence-corrected chi connectivity index (χ4v) is 0. The highest BCUT2D eigenvalue weighted by atomic mass is 35.5. The van der Waals surface area contributed by atoms with Crippen LogP contribution in [0.4, 0.5) is 0 Å². The Morgan fingerprint density at radius 2 is 1.50 bits per heavy atom. The van der Waals surface area contributed by atoms with Crippen molar-refractivity contribution in [1.29, 1.82) is 0 Å². The van der Waals surface area contributed by atoms with Crippen LogP contribution in [0.2, 0.25) is 0 Å². The molecule has 0 saturated heterocycles. The molecule has 0 atom stereocenters. The Labute approximate surface area is 48.4 Å². The average Bonchev–Trinajstić information content (AvgIpc) is 1.36. The van der Waals surface area contributed by atoms with Crippen molar-refractivity contribution in [3.05, 3.63) is 4.84 Å². The van der Waals surface area contributed by atoms with Gasteiger partial charge < -0.3 is 0 Å². The van der Waals surface area contributed by atoms with Gasteiger partial charge in [0.25, 0.3) is 0 Å². The SMILES string of the molecule is CC(C)[C](Cl)Cl. The third kappa shape index (κ3) is 2.80. The molecule has 0 saturated carbocycles. The molecule has 0 aromatic rings. The Hall–Kier alpha value is 0.580. The van der Waals surface area contributed by atoms with Crippen molar-refractivity contribution in [3.63, 3.8) is 0 Å². The molecule has 0 fully saturated rings. The van der Waals surface area contributed by atoms with Gasteiger partial charge >= 0.3 is 0 Å². The first-order valence-electron chi connectivity index (χ1n) is 1.82. The van der Waals surface area contributed by atoms with Crippen LogP contribution in [0.5, 0.6) is 0 Å². The van der Waals surface area contributed by atoms with Crippen LogP contribution < -0.4 is 0 Å². The molecule has 0 bridgehead atoms. The summed E-state index contributed by atoms with van der Waals surface area (Å²) in [6.45, 7) is 3.88. The zero-order chi connectivity index (χ0) is 5.15. The standard InChI is InChI=1S/C4H7Cl2/c1-3(2)4(5)6/h3H,1-2H3. The Morgan fingerprint density at radius 3 is 1.50 bits per heavy atom. The van der Waals surface area contributed by atoms with E-state index in [9.17, 15) is 0 Å². The van der Waals surface area contributed by atoms with Crippen LogP contribution in [0.1, 0.15) is 13.8 Å². The van der Waals surface area contributed by atoms with Crippen LogP contribution in [0.15, 0.2) is 0 Å². The van der Waals surface area contributed by atoms with Gasteiger partial charge in [-0.25, -0.2) is 0 Å². The molecule has 0 N–H and O–H groups in total. The molecule has 0 amide bonds. The molecular formula is C4H7Cl2. The lowest BCUT2D eigenvalue weighted by Gasteiger charge is -1.98. The largest absolute Gasteiger partial charge is 0.153 e. The smallest absolute Gasteiger partial charge is 0.0980 e. The number of hydrogen-bond acceptors (Lipinski definition) is 0. The van der Waals surface area contributed by atoms with E-state index >= 15 is 0 Å². The second kappa shape index (κ2) is 2.70. The van der Waals surface area contributed by atoms with Crippen molar-refractivity contribution in [3.8, 4) is 0 Å². The average molecular weight is 126 g/mol. The van der Waals surface area contributed by atoms with E-state index in [1.165, 1.54) is 0 Å².